The summed E-state index contributed by atoms with van der Waals surface area (Å²) in [6.07, 6.45) is 5.20. The van der Waals surface area contributed by atoms with Gasteiger partial charge in [0.1, 0.15) is 16.6 Å². The highest BCUT2D eigenvalue weighted by Crippen LogP contribution is 2.37. The molecule has 2 aromatic heterocycles. The van der Waals surface area contributed by atoms with Crippen LogP contribution in [-0.4, -0.2) is 51.8 Å². The molecule has 0 aliphatic heterocycles. The minimum absolute atomic E-state index is 0.0407. The fourth-order valence-corrected chi connectivity index (χ4v) is 4.27. The third-order valence-electron chi connectivity index (χ3n) is 5.74. The Morgan fingerprint density at radius 3 is 2.74 bits per heavy atom. The number of amides is 1. The van der Waals surface area contributed by atoms with E-state index in [4.69, 9.17) is 21.1 Å². The molecule has 3 rings (SSSR count). The van der Waals surface area contributed by atoms with E-state index >= 15 is 0 Å². The molecule has 2 aromatic rings. The number of ether oxygens (including phenoxy) is 2. The van der Waals surface area contributed by atoms with Crippen LogP contribution in [-0.2, 0) is 9.47 Å². The third kappa shape index (κ3) is 5.36. The first-order valence-electron chi connectivity index (χ1n) is 10.5. The Morgan fingerprint density at radius 2 is 2.10 bits per heavy atom. The minimum Gasteiger partial charge on any atom is -0.443 e. The molecule has 1 aliphatic rings. The summed E-state index contributed by atoms with van der Waals surface area (Å²) in [6, 6.07) is 1.52. The van der Waals surface area contributed by atoms with Gasteiger partial charge in [0, 0.05) is 26.6 Å². The molecule has 0 saturated heterocycles. The van der Waals surface area contributed by atoms with Crippen molar-refractivity contribution in [2.75, 3.05) is 19.1 Å². The van der Waals surface area contributed by atoms with Crippen molar-refractivity contribution in [3.8, 4) is 0 Å². The molecular weight excluding hydrogens is 420 g/mol. The predicted octanol–water partition coefficient (Wildman–Crippen LogP) is 4.92. The van der Waals surface area contributed by atoms with Gasteiger partial charge in [0.15, 0.2) is 11.4 Å². The number of aromatic nitrogens is 3. The van der Waals surface area contributed by atoms with Gasteiger partial charge < -0.3 is 9.47 Å². The molecule has 0 radical (unpaired) electrons. The van der Waals surface area contributed by atoms with Crippen LogP contribution >= 0.6 is 11.6 Å². The monoisotopic (exact) mass is 450 g/mol. The number of hydrogen-bond donors (Lipinski definition) is 0. The number of fused-ring (bicyclic) bond motifs is 1. The van der Waals surface area contributed by atoms with E-state index in [1.54, 1.807) is 34.9 Å². The molecule has 31 heavy (non-hydrogen) atoms. The Hall–Kier alpha value is -2.19. The van der Waals surface area contributed by atoms with Crippen LogP contribution in [0.15, 0.2) is 12.3 Å². The van der Waals surface area contributed by atoms with Gasteiger partial charge in [-0.25, -0.2) is 9.78 Å². The zero-order valence-corrected chi connectivity index (χ0v) is 19.8. The van der Waals surface area contributed by atoms with Crippen LogP contribution in [0.25, 0.3) is 5.65 Å². The van der Waals surface area contributed by atoms with Gasteiger partial charge in [-0.3, -0.25) is 9.69 Å². The van der Waals surface area contributed by atoms with Gasteiger partial charge in [0.2, 0.25) is 0 Å². The maximum absolute atomic E-state index is 13.1. The highest BCUT2D eigenvalue weighted by Gasteiger charge is 2.33. The van der Waals surface area contributed by atoms with E-state index in [1.807, 2.05) is 0 Å². The zero-order valence-electron chi connectivity index (χ0n) is 19.1. The summed E-state index contributed by atoms with van der Waals surface area (Å²) in [5, 5.41) is 4.48. The van der Waals surface area contributed by atoms with Crippen LogP contribution in [0.4, 0.5) is 10.6 Å². The van der Waals surface area contributed by atoms with Crippen molar-refractivity contribution in [1.82, 2.24) is 14.6 Å². The van der Waals surface area contributed by atoms with Gasteiger partial charge in [-0.2, -0.15) is 9.61 Å². The van der Waals surface area contributed by atoms with E-state index in [9.17, 15) is 9.59 Å². The second-order valence-electron chi connectivity index (χ2n) is 9.51. The van der Waals surface area contributed by atoms with Gasteiger partial charge >= 0.3 is 6.09 Å². The number of methoxy groups -OCH3 is 1. The second kappa shape index (κ2) is 8.74. The number of halogens is 1. The third-order valence-corrected chi connectivity index (χ3v) is 5.93. The summed E-state index contributed by atoms with van der Waals surface area (Å²) >= 11 is 6.23. The SMILES string of the molecule is CO[C@]1(C)CCC[C@@H](CC(=O)c2cnn3c(N(C)C(=O)OC(C)(C)C)cc(Cl)nc23)C1. The van der Waals surface area contributed by atoms with Gasteiger partial charge in [-0.15, -0.1) is 0 Å². The first-order valence-corrected chi connectivity index (χ1v) is 10.9. The molecule has 1 saturated carbocycles. The van der Waals surface area contributed by atoms with Crippen molar-refractivity contribution in [1.29, 1.82) is 0 Å². The normalized spacial score (nSPS) is 21.8. The Kier molecular flexibility index (Phi) is 6.62. The first kappa shape index (κ1) is 23.5. The quantitative estimate of drug-likeness (QED) is 0.474. The van der Waals surface area contributed by atoms with E-state index < -0.39 is 11.7 Å². The van der Waals surface area contributed by atoms with Gasteiger partial charge in [-0.1, -0.05) is 18.0 Å². The molecule has 2 atom stereocenters. The maximum atomic E-state index is 13.1. The average molecular weight is 451 g/mol. The summed E-state index contributed by atoms with van der Waals surface area (Å²) in [4.78, 5) is 31.3. The molecule has 0 bridgehead atoms. The molecule has 1 aliphatic carbocycles. The summed E-state index contributed by atoms with van der Waals surface area (Å²) in [5.74, 6) is 0.568. The van der Waals surface area contributed by atoms with Crippen molar-refractivity contribution in [2.24, 2.45) is 5.92 Å². The second-order valence-corrected chi connectivity index (χ2v) is 9.90. The molecule has 9 heteroatoms. The number of rotatable bonds is 5. The maximum Gasteiger partial charge on any atom is 0.415 e. The van der Waals surface area contributed by atoms with E-state index in [2.05, 4.69) is 17.0 Å². The highest BCUT2D eigenvalue weighted by atomic mass is 35.5. The van der Waals surface area contributed by atoms with E-state index in [1.165, 1.54) is 21.7 Å². The summed E-state index contributed by atoms with van der Waals surface area (Å²) < 4.78 is 12.5. The lowest BCUT2D eigenvalue weighted by Gasteiger charge is -2.36. The Labute approximate surface area is 187 Å². The van der Waals surface area contributed by atoms with Crippen molar-refractivity contribution in [3.05, 3.63) is 23.0 Å². The van der Waals surface area contributed by atoms with E-state index in [0.29, 0.717) is 23.4 Å². The van der Waals surface area contributed by atoms with Crippen LogP contribution < -0.4 is 4.90 Å². The lowest BCUT2D eigenvalue weighted by molar-refractivity contribution is -0.0395. The minimum atomic E-state index is -0.650. The molecule has 170 valence electrons. The van der Waals surface area contributed by atoms with Crippen molar-refractivity contribution in [2.45, 2.75) is 71.0 Å². The molecule has 8 nitrogen and oxygen atoms in total. The number of carbonyl (C=O) groups excluding carboxylic acids is 2. The van der Waals surface area contributed by atoms with E-state index in [-0.39, 0.29) is 22.5 Å². The molecule has 1 fully saturated rings. The Bertz CT molecular complexity index is 984. The number of Topliss-reactive ketones (excluding diaryl/α,β-unsaturated/α-hetero) is 1. The Morgan fingerprint density at radius 1 is 1.39 bits per heavy atom. The van der Waals surface area contributed by atoms with Gasteiger partial charge in [0.25, 0.3) is 0 Å². The molecule has 1 amide bonds. The number of ketones is 1. The molecule has 0 spiro atoms. The average Bonchev–Trinajstić information content (AvgIpc) is 3.09. The van der Waals surface area contributed by atoms with Gasteiger partial charge in [-0.05, 0) is 52.9 Å². The fourth-order valence-electron chi connectivity index (χ4n) is 4.09. The number of anilines is 1. The lowest BCUT2D eigenvalue weighted by atomic mass is 9.76. The van der Waals surface area contributed by atoms with Crippen LogP contribution in [0.1, 0.15) is 70.2 Å². The first-order chi connectivity index (χ1) is 14.4. The van der Waals surface area contributed by atoms with Gasteiger partial charge in [0.05, 0.1) is 17.4 Å². The predicted molar refractivity (Wildman–Crippen MR) is 119 cm³/mol. The van der Waals surface area contributed by atoms with E-state index in [0.717, 1.165) is 25.7 Å². The zero-order chi connectivity index (χ0) is 23.0. The summed E-state index contributed by atoms with van der Waals surface area (Å²) in [7, 11) is 3.29. The molecule has 2 heterocycles. The van der Waals surface area contributed by atoms with Crippen molar-refractivity contribution < 1.29 is 19.1 Å². The standard InChI is InChI=1S/C22H31ClN4O4/c1-21(2,3)31-20(29)26(5)18-11-17(23)25-19-15(13-24-27(18)19)16(28)10-14-8-7-9-22(4,12-14)30-6/h11,13-14H,7-10,12H2,1-6H3/t14-,22+/m0/s1. The van der Waals surface area contributed by atoms with Crippen molar-refractivity contribution >= 4 is 34.9 Å². The number of nitrogens with zero attached hydrogens (tertiary/aromatic N) is 4. The van der Waals surface area contributed by atoms with Crippen LogP contribution in [0.3, 0.4) is 0 Å². The van der Waals surface area contributed by atoms with Crippen LogP contribution in [0.5, 0.6) is 0 Å². The molecule has 0 aromatic carbocycles. The number of carbonyl (C=O) groups is 2. The largest absolute Gasteiger partial charge is 0.443 e. The molecule has 0 unspecified atom stereocenters. The molecule has 0 N–H and O–H groups in total. The topological polar surface area (TPSA) is 86.0 Å². The molecular formula is C22H31ClN4O4. The lowest BCUT2D eigenvalue weighted by Crippen LogP contribution is -2.35. The summed E-state index contributed by atoms with van der Waals surface area (Å²) in [6.45, 7) is 7.47. The fraction of sp³-hybridized carbons (Fsp3) is 0.636. The van der Waals surface area contributed by atoms with Crippen LogP contribution in [0, 0.1) is 5.92 Å². The van der Waals surface area contributed by atoms with Crippen LogP contribution in [0.2, 0.25) is 5.15 Å². The smallest absolute Gasteiger partial charge is 0.415 e. The Balaban J connectivity index is 1.87. The highest BCUT2D eigenvalue weighted by molar-refractivity contribution is 6.30. The van der Waals surface area contributed by atoms with Crippen molar-refractivity contribution in [3.63, 3.8) is 0 Å². The summed E-state index contributed by atoms with van der Waals surface area (Å²) in [5.41, 5.74) is -0.113. The number of hydrogen-bond acceptors (Lipinski definition) is 6.